The molecule has 21 heavy (non-hydrogen) atoms. The molecule has 2 N–H and O–H groups in total. The van der Waals surface area contributed by atoms with E-state index in [9.17, 15) is 9.59 Å². The fraction of sp³-hybridized carbons (Fsp3) is 0.467. The van der Waals surface area contributed by atoms with E-state index in [1.165, 1.54) is 0 Å². The van der Waals surface area contributed by atoms with Crippen molar-refractivity contribution in [1.82, 2.24) is 15.5 Å². The molecule has 1 fully saturated rings. The Balaban J connectivity index is 1.67. The van der Waals surface area contributed by atoms with Crippen LogP contribution in [-0.2, 0) is 16.1 Å². The first kappa shape index (κ1) is 15.3. The monoisotopic (exact) mass is 291 g/mol. The summed E-state index contributed by atoms with van der Waals surface area (Å²) in [5, 5.41) is 5.73. The van der Waals surface area contributed by atoms with Crippen LogP contribution in [0.1, 0.15) is 12.0 Å². The molecule has 0 saturated carbocycles. The van der Waals surface area contributed by atoms with Gasteiger partial charge in [-0.1, -0.05) is 30.3 Å². The zero-order valence-electron chi connectivity index (χ0n) is 12.0. The normalized spacial score (nSPS) is 15.1. The molecular weight excluding hydrogens is 270 g/mol. The number of amides is 2. The fourth-order valence-electron chi connectivity index (χ4n) is 2.13. The van der Waals surface area contributed by atoms with Crippen LogP contribution in [0.25, 0.3) is 0 Å². The average molecular weight is 291 g/mol. The quantitative estimate of drug-likeness (QED) is 0.858. The zero-order chi connectivity index (χ0) is 14.9. The highest BCUT2D eigenvalue weighted by molar-refractivity contribution is 5.82. The molecule has 1 saturated heterocycles. The van der Waals surface area contributed by atoms with Gasteiger partial charge in [0.1, 0.15) is 13.2 Å². The van der Waals surface area contributed by atoms with E-state index in [1.54, 1.807) is 4.90 Å². The molecule has 0 aromatic heterocycles. The molecule has 0 radical (unpaired) electrons. The topological polar surface area (TPSA) is 70.7 Å². The maximum Gasteiger partial charge on any atom is 0.407 e. The van der Waals surface area contributed by atoms with Gasteiger partial charge in [-0.15, -0.1) is 0 Å². The number of carbonyl (C=O) groups is 2. The lowest BCUT2D eigenvalue weighted by Gasteiger charge is -2.19. The number of nitrogens with zero attached hydrogens (tertiary/aromatic N) is 1. The van der Waals surface area contributed by atoms with Gasteiger partial charge in [0.2, 0.25) is 5.91 Å². The Morgan fingerprint density at radius 1 is 1.19 bits per heavy atom. The van der Waals surface area contributed by atoms with Crippen LogP contribution in [0.15, 0.2) is 30.3 Å². The molecule has 0 spiro atoms. The van der Waals surface area contributed by atoms with Gasteiger partial charge in [-0.3, -0.25) is 4.79 Å². The lowest BCUT2D eigenvalue weighted by molar-refractivity contribution is -0.129. The first-order valence-electron chi connectivity index (χ1n) is 7.19. The highest BCUT2D eigenvalue weighted by Crippen LogP contribution is 2.00. The summed E-state index contributed by atoms with van der Waals surface area (Å²) in [5.74, 6) is -0.0737. The molecule has 114 valence electrons. The molecule has 2 amide bonds. The molecule has 1 aromatic rings. The van der Waals surface area contributed by atoms with Crippen LogP contribution in [0.4, 0.5) is 4.79 Å². The predicted molar refractivity (Wildman–Crippen MR) is 78.7 cm³/mol. The number of benzene rings is 1. The molecule has 1 aromatic carbocycles. The molecule has 1 heterocycles. The number of alkyl carbamates (subject to hydrolysis) is 1. The number of carbonyl (C=O) groups excluding carboxylic acids is 2. The first-order valence-corrected chi connectivity index (χ1v) is 7.19. The SMILES string of the molecule is O=C(NCC(=O)N1CCCNCC1)OCc1ccccc1. The highest BCUT2D eigenvalue weighted by Gasteiger charge is 2.16. The molecule has 0 aliphatic carbocycles. The third-order valence-electron chi connectivity index (χ3n) is 3.29. The molecular formula is C15H21N3O3. The molecule has 6 nitrogen and oxygen atoms in total. The summed E-state index contributed by atoms with van der Waals surface area (Å²) >= 11 is 0. The smallest absolute Gasteiger partial charge is 0.407 e. The average Bonchev–Trinajstić information content (AvgIpc) is 2.81. The minimum atomic E-state index is -0.569. The van der Waals surface area contributed by atoms with Crippen molar-refractivity contribution < 1.29 is 14.3 Å². The lowest BCUT2D eigenvalue weighted by Crippen LogP contribution is -2.41. The van der Waals surface area contributed by atoms with Crippen molar-refractivity contribution in [1.29, 1.82) is 0 Å². The molecule has 0 bridgehead atoms. The maximum absolute atomic E-state index is 12.0. The van der Waals surface area contributed by atoms with Crippen LogP contribution in [0.3, 0.4) is 0 Å². The minimum absolute atomic E-state index is 0.0202. The van der Waals surface area contributed by atoms with Gasteiger partial charge in [-0.05, 0) is 18.5 Å². The minimum Gasteiger partial charge on any atom is -0.445 e. The summed E-state index contributed by atoms with van der Waals surface area (Å²) in [7, 11) is 0. The van der Waals surface area contributed by atoms with Crippen molar-refractivity contribution in [3.63, 3.8) is 0 Å². The second kappa shape index (κ2) is 8.26. The molecule has 1 aliphatic heterocycles. The molecule has 0 atom stereocenters. The van der Waals surface area contributed by atoms with E-state index in [0.717, 1.165) is 31.6 Å². The van der Waals surface area contributed by atoms with E-state index in [4.69, 9.17) is 4.74 Å². The zero-order valence-corrected chi connectivity index (χ0v) is 12.0. The third kappa shape index (κ3) is 5.43. The molecule has 1 aliphatic rings. The van der Waals surface area contributed by atoms with E-state index in [0.29, 0.717) is 6.54 Å². The first-order chi connectivity index (χ1) is 10.3. The molecule has 6 heteroatoms. The number of ether oxygens (including phenoxy) is 1. The Morgan fingerprint density at radius 2 is 2.00 bits per heavy atom. The summed E-state index contributed by atoms with van der Waals surface area (Å²) in [6.45, 7) is 3.31. The van der Waals surface area contributed by atoms with E-state index in [1.807, 2.05) is 30.3 Å². The van der Waals surface area contributed by atoms with E-state index < -0.39 is 6.09 Å². The Hall–Kier alpha value is -2.08. The number of hydrogen-bond donors (Lipinski definition) is 2. The van der Waals surface area contributed by atoms with Crippen LogP contribution in [0.5, 0.6) is 0 Å². The Labute approximate surface area is 124 Å². The van der Waals surface area contributed by atoms with Gasteiger partial charge in [-0.25, -0.2) is 4.79 Å². The second-order valence-electron chi connectivity index (χ2n) is 4.90. The van der Waals surface area contributed by atoms with Crippen LogP contribution < -0.4 is 10.6 Å². The predicted octanol–water partition coefficient (Wildman–Crippen LogP) is 0.735. The van der Waals surface area contributed by atoms with Crippen molar-refractivity contribution in [2.45, 2.75) is 13.0 Å². The van der Waals surface area contributed by atoms with Crippen LogP contribution in [-0.4, -0.2) is 49.6 Å². The van der Waals surface area contributed by atoms with Crippen molar-refractivity contribution in [3.05, 3.63) is 35.9 Å². The molecule has 0 unspecified atom stereocenters. The standard InChI is InChI=1S/C15H21N3O3/c19-14(18-9-4-7-16-8-10-18)11-17-15(20)21-12-13-5-2-1-3-6-13/h1-3,5-6,16H,4,7-12H2,(H,17,20). The number of nitrogens with one attached hydrogen (secondary N) is 2. The van der Waals surface area contributed by atoms with E-state index in [2.05, 4.69) is 10.6 Å². The number of rotatable bonds is 4. The molecule has 2 rings (SSSR count). The van der Waals surface area contributed by atoms with Crippen LogP contribution >= 0.6 is 0 Å². The van der Waals surface area contributed by atoms with E-state index >= 15 is 0 Å². The van der Waals surface area contributed by atoms with Gasteiger partial charge in [0.25, 0.3) is 0 Å². The Bertz CT molecular complexity index is 456. The third-order valence-corrected chi connectivity index (χ3v) is 3.29. The Kier molecular flexibility index (Phi) is 6.02. The van der Waals surface area contributed by atoms with Gasteiger partial charge in [-0.2, -0.15) is 0 Å². The summed E-state index contributed by atoms with van der Waals surface area (Å²) in [4.78, 5) is 25.3. The van der Waals surface area contributed by atoms with Gasteiger partial charge >= 0.3 is 6.09 Å². The van der Waals surface area contributed by atoms with Crippen molar-refractivity contribution in [2.75, 3.05) is 32.7 Å². The van der Waals surface area contributed by atoms with Crippen LogP contribution in [0.2, 0.25) is 0 Å². The Morgan fingerprint density at radius 3 is 2.81 bits per heavy atom. The van der Waals surface area contributed by atoms with Gasteiger partial charge < -0.3 is 20.3 Å². The lowest BCUT2D eigenvalue weighted by atomic mass is 10.2. The van der Waals surface area contributed by atoms with E-state index in [-0.39, 0.29) is 19.1 Å². The van der Waals surface area contributed by atoms with Crippen molar-refractivity contribution >= 4 is 12.0 Å². The highest BCUT2D eigenvalue weighted by atomic mass is 16.5. The summed E-state index contributed by atoms with van der Waals surface area (Å²) in [5.41, 5.74) is 0.914. The largest absolute Gasteiger partial charge is 0.445 e. The van der Waals surface area contributed by atoms with Crippen molar-refractivity contribution in [3.8, 4) is 0 Å². The second-order valence-corrected chi connectivity index (χ2v) is 4.90. The van der Waals surface area contributed by atoms with Gasteiger partial charge in [0, 0.05) is 19.6 Å². The van der Waals surface area contributed by atoms with Crippen LogP contribution in [0, 0.1) is 0 Å². The summed E-state index contributed by atoms with van der Waals surface area (Å²) < 4.78 is 5.06. The summed E-state index contributed by atoms with van der Waals surface area (Å²) in [6, 6.07) is 9.42. The maximum atomic E-state index is 12.0. The summed E-state index contributed by atoms with van der Waals surface area (Å²) in [6.07, 6.45) is 0.365. The van der Waals surface area contributed by atoms with Crippen molar-refractivity contribution in [2.24, 2.45) is 0 Å². The number of hydrogen-bond acceptors (Lipinski definition) is 4. The fourth-order valence-corrected chi connectivity index (χ4v) is 2.13. The van der Waals surface area contributed by atoms with Gasteiger partial charge in [0.15, 0.2) is 0 Å². The van der Waals surface area contributed by atoms with Gasteiger partial charge in [0.05, 0.1) is 0 Å².